The molecular weight excluding hydrogens is 233 g/mol. The fraction of sp³-hybridized carbons (Fsp3) is 0.417. The second kappa shape index (κ2) is 4.77. The zero-order valence-corrected chi connectivity index (χ0v) is 9.29. The van der Waals surface area contributed by atoms with Gasteiger partial charge in [0.25, 0.3) is 0 Å². The number of benzene rings is 1. The molecule has 2 nitrogen and oxygen atoms in total. The van der Waals surface area contributed by atoms with E-state index in [2.05, 4.69) is 0 Å². The number of hydrogen-bond acceptors (Lipinski definition) is 1. The largest absolute Gasteiger partial charge is 0.481 e. The first-order chi connectivity index (χ1) is 7.73. The third-order valence-corrected chi connectivity index (χ3v) is 2.54. The van der Waals surface area contributed by atoms with Gasteiger partial charge in [0, 0.05) is 0 Å². The van der Waals surface area contributed by atoms with Gasteiger partial charge in [-0.3, -0.25) is 4.79 Å². The smallest absolute Gasteiger partial charge is 0.390 e. The molecule has 0 amide bonds. The molecule has 0 saturated heterocycles. The minimum absolute atomic E-state index is 0.136. The summed E-state index contributed by atoms with van der Waals surface area (Å²) in [5, 5.41) is 8.96. The average molecular weight is 246 g/mol. The Morgan fingerprint density at radius 2 is 1.76 bits per heavy atom. The Labute approximate surface area is 97.1 Å². The summed E-state index contributed by atoms with van der Waals surface area (Å²) in [5.74, 6) is -1.43. The average Bonchev–Trinajstić information content (AvgIpc) is 2.15. The van der Waals surface area contributed by atoms with Gasteiger partial charge in [0.1, 0.15) is 0 Å². The molecule has 0 bridgehead atoms. The number of alkyl halides is 3. The number of aliphatic carboxylic acids is 1. The first-order valence-corrected chi connectivity index (χ1v) is 5.07. The van der Waals surface area contributed by atoms with Gasteiger partial charge in [-0.25, -0.2) is 0 Å². The molecule has 0 radical (unpaired) electrons. The van der Waals surface area contributed by atoms with E-state index in [1.807, 2.05) is 0 Å². The highest BCUT2D eigenvalue weighted by atomic mass is 19.4. The maximum atomic E-state index is 12.4. The summed E-state index contributed by atoms with van der Waals surface area (Å²) in [7, 11) is 0. The van der Waals surface area contributed by atoms with Gasteiger partial charge in [0.15, 0.2) is 0 Å². The number of carbonyl (C=O) groups is 1. The Kier molecular flexibility index (Phi) is 3.80. The van der Waals surface area contributed by atoms with Gasteiger partial charge >= 0.3 is 12.1 Å². The van der Waals surface area contributed by atoms with Crippen LogP contribution in [0.3, 0.4) is 0 Å². The quantitative estimate of drug-likeness (QED) is 0.885. The fourth-order valence-electron chi connectivity index (χ4n) is 1.70. The second-order valence-electron chi connectivity index (χ2n) is 4.32. The van der Waals surface area contributed by atoms with Gasteiger partial charge in [-0.05, 0) is 18.9 Å². The Morgan fingerprint density at radius 3 is 2.18 bits per heavy atom. The van der Waals surface area contributed by atoms with Crippen LogP contribution in [0.25, 0.3) is 0 Å². The van der Waals surface area contributed by atoms with Crippen LogP contribution in [-0.2, 0) is 11.2 Å². The summed E-state index contributed by atoms with van der Waals surface area (Å²) in [6.45, 7) is 1.12. The first kappa shape index (κ1) is 13.5. The van der Waals surface area contributed by atoms with E-state index in [-0.39, 0.29) is 6.42 Å². The van der Waals surface area contributed by atoms with E-state index in [1.165, 1.54) is 0 Å². The van der Waals surface area contributed by atoms with Crippen molar-refractivity contribution in [3.63, 3.8) is 0 Å². The van der Waals surface area contributed by atoms with Crippen molar-refractivity contribution < 1.29 is 23.1 Å². The summed E-state index contributed by atoms with van der Waals surface area (Å²) < 4.78 is 37.1. The topological polar surface area (TPSA) is 37.3 Å². The molecular formula is C12H13F3O2. The van der Waals surface area contributed by atoms with Crippen molar-refractivity contribution in [1.82, 2.24) is 0 Å². The predicted octanol–water partition coefficient (Wildman–Crippen LogP) is 3.27. The highest BCUT2D eigenvalue weighted by molar-refractivity contribution is 5.74. The fourth-order valence-corrected chi connectivity index (χ4v) is 1.70. The monoisotopic (exact) mass is 246 g/mol. The molecule has 1 aromatic carbocycles. The van der Waals surface area contributed by atoms with Crippen LogP contribution in [0.1, 0.15) is 18.9 Å². The molecule has 0 saturated carbocycles. The molecule has 1 aromatic rings. The molecule has 0 aliphatic heterocycles. The molecule has 0 aliphatic rings. The molecule has 0 fully saturated rings. The SMILES string of the molecule is C[C@@](Cc1ccccc1)(CC(F)(F)F)C(=O)O. The number of carboxylic acid groups (broad SMARTS) is 1. The zero-order valence-electron chi connectivity index (χ0n) is 9.29. The lowest BCUT2D eigenvalue weighted by molar-refractivity contribution is -0.176. The molecule has 0 spiro atoms. The Hall–Kier alpha value is -1.52. The van der Waals surface area contributed by atoms with Gasteiger partial charge in [-0.2, -0.15) is 13.2 Å². The van der Waals surface area contributed by atoms with Crippen molar-refractivity contribution >= 4 is 5.97 Å². The van der Waals surface area contributed by atoms with Crippen LogP contribution in [-0.4, -0.2) is 17.3 Å². The molecule has 0 heterocycles. The third kappa shape index (κ3) is 4.09. The van der Waals surface area contributed by atoms with Gasteiger partial charge in [-0.15, -0.1) is 0 Å². The highest BCUT2D eigenvalue weighted by Gasteiger charge is 2.44. The van der Waals surface area contributed by atoms with E-state index in [1.54, 1.807) is 30.3 Å². The van der Waals surface area contributed by atoms with Crippen LogP contribution in [0.5, 0.6) is 0 Å². The lowest BCUT2D eigenvalue weighted by Gasteiger charge is -2.26. The van der Waals surface area contributed by atoms with E-state index in [0.29, 0.717) is 5.56 Å². The summed E-state index contributed by atoms with van der Waals surface area (Å²) in [5.41, 5.74) is -1.23. The summed E-state index contributed by atoms with van der Waals surface area (Å²) in [4.78, 5) is 11.0. The van der Waals surface area contributed by atoms with E-state index in [0.717, 1.165) is 6.92 Å². The highest BCUT2D eigenvalue weighted by Crippen LogP contribution is 2.36. The minimum atomic E-state index is -4.48. The van der Waals surface area contributed by atoms with E-state index < -0.39 is 24.0 Å². The molecule has 1 atom stereocenters. The molecule has 0 unspecified atom stereocenters. The molecule has 1 N–H and O–H groups in total. The van der Waals surface area contributed by atoms with Gasteiger partial charge in [0.2, 0.25) is 0 Å². The lowest BCUT2D eigenvalue weighted by atomic mass is 9.80. The molecule has 94 valence electrons. The first-order valence-electron chi connectivity index (χ1n) is 5.07. The van der Waals surface area contributed by atoms with Crippen LogP contribution in [0.4, 0.5) is 13.2 Å². The molecule has 0 aromatic heterocycles. The van der Waals surface area contributed by atoms with Gasteiger partial charge in [0.05, 0.1) is 11.8 Å². The second-order valence-corrected chi connectivity index (χ2v) is 4.32. The number of halogens is 3. The van der Waals surface area contributed by atoms with Crippen LogP contribution >= 0.6 is 0 Å². The Bertz CT molecular complexity index is 386. The van der Waals surface area contributed by atoms with E-state index in [4.69, 9.17) is 5.11 Å². The van der Waals surface area contributed by atoms with E-state index >= 15 is 0 Å². The normalized spacial score (nSPS) is 15.3. The standard InChI is InChI=1S/C12H13F3O2/c1-11(10(16)17,8-12(13,14)15)7-9-5-3-2-4-6-9/h2-6H,7-8H2,1H3,(H,16,17)/t11-/m1/s1. The number of hydrogen-bond donors (Lipinski definition) is 1. The van der Waals surface area contributed by atoms with Crippen LogP contribution in [0.2, 0.25) is 0 Å². The van der Waals surface area contributed by atoms with Crippen LogP contribution in [0, 0.1) is 5.41 Å². The van der Waals surface area contributed by atoms with Crippen LogP contribution < -0.4 is 0 Å². The number of carboxylic acids is 1. The summed E-state index contributed by atoms with van der Waals surface area (Å²) >= 11 is 0. The minimum Gasteiger partial charge on any atom is -0.481 e. The maximum absolute atomic E-state index is 12.4. The maximum Gasteiger partial charge on any atom is 0.390 e. The molecule has 1 rings (SSSR count). The van der Waals surface area contributed by atoms with Crippen molar-refractivity contribution in [3.8, 4) is 0 Å². The van der Waals surface area contributed by atoms with Crippen molar-refractivity contribution in [3.05, 3.63) is 35.9 Å². The van der Waals surface area contributed by atoms with Crippen molar-refractivity contribution in [2.24, 2.45) is 5.41 Å². The van der Waals surface area contributed by atoms with Crippen LogP contribution in [0.15, 0.2) is 30.3 Å². The Balaban J connectivity index is 2.90. The van der Waals surface area contributed by atoms with Crippen molar-refractivity contribution in [1.29, 1.82) is 0 Å². The predicted molar refractivity (Wildman–Crippen MR) is 56.6 cm³/mol. The Morgan fingerprint density at radius 1 is 1.24 bits per heavy atom. The number of rotatable bonds is 4. The summed E-state index contributed by atoms with van der Waals surface area (Å²) in [6.07, 6.45) is -5.95. The van der Waals surface area contributed by atoms with E-state index in [9.17, 15) is 18.0 Å². The molecule has 5 heteroatoms. The van der Waals surface area contributed by atoms with Crippen molar-refractivity contribution in [2.45, 2.75) is 25.9 Å². The van der Waals surface area contributed by atoms with Gasteiger partial charge < -0.3 is 5.11 Å². The third-order valence-electron chi connectivity index (χ3n) is 2.54. The zero-order chi connectivity index (χ0) is 13.1. The van der Waals surface area contributed by atoms with Crippen molar-refractivity contribution in [2.75, 3.05) is 0 Å². The lowest BCUT2D eigenvalue weighted by Crippen LogP contribution is -2.35. The van der Waals surface area contributed by atoms with Gasteiger partial charge in [-0.1, -0.05) is 30.3 Å². The molecule has 17 heavy (non-hydrogen) atoms. The summed E-state index contributed by atoms with van der Waals surface area (Å²) in [6, 6.07) is 8.32. The molecule has 0 aliphatic carbocycles.